The molecule has 3 N–H and O–H groups in total. The summed E-state index contributed by atoms with van der Waals surface area (Å²) in [7, 11) is 0. The first kappa shape index (κ1) is 37.2. The lowest BCUT2D eigenvalue weighted by atomic mass is 10.0. The van der Waals surface area contributed by atoms with Gasteiger partial charge in [-0.15, -0.1) is 0 Å². The third-order valence-electron chi connectivity index (χ3n) is 11.7. The van der Waals surface area contributed by atoms with Crippen LogP contribution >= 0.6 is 11.6 Å². The summed E-state index contributed by atoms with van der Waals surface area (Å²) in [6.07, 6.45) is 19.3. The van der Waals surface area contributed by atoms with Crippen LogP contribution in [-0.2, 0) is 6.42 Å². The van der Waals surface area contributed by atoms with Gasteiger partial charge in [0, 0.05) is 44.2 Å². The Balaban J connectivity index is 0.996. The van der Waals surface area contributed by atoms with Crippen LogP contribution in [0.2, 0.25) is 5.02 Å². The molecule has 0 radical (unpaired) electrons. The van der Waals surface area contributed by atoms with Crippen LogP contribution in [0.25, 0.3) is 10.8 Å². The summed E-state index contributed by atoms with van der Waals surface area (Å²) < 4.78 is 0. The van der Waals surface area contributed by atoms with Crippen molar-refractivity contribution in [2.75, 3.05) is 5.32 Å². The summed E-state index contributed by atoms with van der Waals surface area (Å²) in [4.78, 5) is 29.3. The van der Waals surface area contributed by atoms with E-state index in [9.17, 15) is 0 Å². The Hall–Kier alpha value is -5.34. The molecule has 0 spiro atoms. The average molecular weight is 775 g/mol. The van der Waals surface area contributed by atoms with Crippen molar-refractivity contribution in [3.8, 4) is 0 Å². The summed E-state index contributed by atoms with van der Waals surface area (Å²) in [5, 5.41) is 9.78. The molecule has 1 aromatic heterocycles. The van der Waals surface area contributed by atoms with Crippen molar-refractivity contribution in [1.82, 2.24) is 10.3 Å². The summed E-state index contributed by atoms with van der Waals surface area (Å²) in [6.45, 7) is 2.29. The molecule has 4 aliphatic rings. The molecule has 0 aliphatic carbocycles. The van der Waals surface area contributed by atoms with E-state index < -0.39 is 0 Å². The first-order chi connectivity index (χ1) is 28.2. The number of hydrogen-bond acceptors (Lipinski definition) is 7. The zero-order valence-corrected chi connectivity index (χ0v) is 33.6. The van der Waals surface area contributed by atoms with Crippen molar-refractivity contribution in [2.45, 2.75) is 109 Å². The highest BCUT2D eigenvalue weighted by atomic mass is 35.5. The number of H-pyrrole nitrogens is 1. The quantitative estimate of drug-likeness (QED) is 0.0922. The third-order valence-corrected chi connectivity index (χ3v) is 12.2. The molecule has 4 aromatic carbocycles. The molecule has 57 heavy (non-hydrogen) atoms. The number of amidine groups is 5. The average Bonchev–Trinajstić information content (AvgIpc) is 3.97. The smallest absolute Gasteiger partial charge is 0.164 e. The molecule has 8 nitrogen and oxygen atoms in total. The monoisotopic (exact) mass is 774 g/mol. The Kier molecular flexibility index (Phi) is 11.1. The van der Waals surface area contributed by atoms with E-state index in [1.165, 1.54) is 83.5 Å². The largest absolute Gasteiger partial charge is 0.344 e. The van der Waals surface area contributed by atoms with Crippen LogP contribution in [0.1, 0.15) is 142 Å². The topological polar surface area (TPSA) is 102 Å². The van der Waals surface area contributed by atoms with Gasteiger partial charge in [0.15, 0.2) is 17.5 Å². The lowest BCUT2D eigenvalue weighted by Gasteiger charge is -2.08. The number of nitrogens with one attached hydrogen (secondary N) is 3. The molecule has 8 bridgehead atoms. The number of aliphatic imine (C=N–C) groups is 5. The van der Waals surface area contributed by atoms with Crippen LogP contribution < -0.4 is 10.6 Å². The van der Waals surface area contributed by atoms with Gasteiger partial charge in [-0.1, -0.05) is 187 Å². The summed E-state index contributed by atoms with van der Waals surface area (Å²) >= 11 is 7.39. The lowest BCUT2D eigenvalue weighted by molar-refractivity contribution is 0.535. The number of aryl methyl sites for hydroxylation is 1. The van der Waals surface area contributed by atoms with Gasteiger partial charge in [0.2, 0.25) is 0 Å². The van der Waals surface area contributed by atoms with Crippen LogP contribution in [0.5, 0.6) is 0 Å². The second kappa shape index (κ2) is 17.0. The number of nitrogens with zero attached hydrogens (tertiary/aromatic N) is 5. The number of anilines is 1. The maximum atomic E-state index is 7.39. The molecule has 1 unspecified atom stereocenters. The van der Waals surface area contributed by atoms with Crippen molar-refractivity contribution >= 4 is 63.2 Å². The second-order valence-electron chi connectivity index (χ2n) is 15.8. The highest BCUT2D eigenvalue weighted by molar-refractivity contribution is 6.38. The molecular formula is C48H51ClN8. The summed E-state index contributed by atoms with van der Waals surface area (Å²) in [6, 6.07) is 29.0. The molecule has 0 amide bonds. The maximum Gasteiger partial charge on any atom is 0.164 e. The van der Waals surface area contributed by atoms with Crippen LogP contribution in [0.15, 0.2) is 110 Å². The maximum absolute atomic E-state index is 7.39. The van der Waals surface area contributed by atoms with Gasteiger partial charge in [-0.05, 0) is 18.4 Å². The minimum Gasteiger partial charge on any atom is -0.344 e. The van der Waals surface area contributed by atoms with Crippen molar-refractivity contribution in [1.29, 1.82) is 0 Å². The highest BCUT2D eigenvalue weighted by Crippen LogP contribution is 2.41. The third kappa shape index (κ3) is 7.72. The predicted octanol–water partition coefficient (Wildman–Crippen LogP) is 12.4. The first-order valence-electron chi connectivity index (χ1n) is 21.2. The van der Waals surface area contributed by atoms with Gasteiger partial charge in [0.25, 0.3) is 0 Å². The number of rotatable bonds is 15. The molecule has 5 heterocycles. The van der Waals surface area contributed by atoms with Crippen LogP contribution in [0.4, 0.5) is 11.6 Å². The molecule has 290 valence electrons. The predicted molar refractivity (Wildman–Crippen MR) is 238 cm³/mol. The van der Waals surface area contributed by atoms with Gasteiger partial charge in [0.05, 0.1) is 5.02 Å². The molecule has 1 atom stereocenters. The molecule has 5 aromatic rings. The van der Waals surface area contributed by atoms with Crippen LogP contribution in [-0.4, -0.2) is 34.2 Å². The van der Waals surface area contributed by atoms with Crippen molar-refractivity contribution < 1.29 is 0 Å². The molecule has 0 saturated carbocycles. The van der Waals surface area contributed by atoms with Gasteiger partial charge in [-0.25, -0.2) is 25.0 Å². The van der Waals surface area contributed by atoms with Crippen molar-refractivity contribution in [3.05, 3.63) is 129 Å². The molecule has 4 aliphatic heterocycles. The minimum atomic E-state index is -0.362. The Morgan fingerprint density at radius 2 is 1.11 bits per heavy atom. The number of fused-ring (bicyclic) bond motifs is 18. The van der Waals surface area contributed by atoms with E-state index in [-0.39, 0.29) is 6.17 Å². The molecule has 9 rings (SSSR count). The van der Waals surface area contributed by atoms with E-state index in [2.05, 4.69) is 71.1 Å². The Bertz CT molecular complexity index is 2450. The Morgan fingerprint density at radius 1 is 0.544 bits per heavy atom. The normalized spacial score (nSPS) is 16.2. The standard InChI is InChI=1S/C48H51ClN8/c1-2-3-4-5-6-7-8-9-10-11-12-13-14-15-22-31-29-30-38-39(40(31)49)48-56-46-37-28-21-20-27-36(37)44(54-46)52-42-33-24-17-16-23-32(33)41(50-42)51-43-34-25-18-19-26-35(34)45(53-43)55-47(38)57-48/h16-21,23-30,41,57H,2-15,22H2,1H3,(H,51,53,55)(H,50,52,54,56). The zero-order chi connectivity index (χ0) is 38.6. The van der Waals surface area contributed by atoms with Gasteiger partial charge in [-0.2, -0.15) is 0 Å². The van der Waals surface area contributed by atoms with Crippen molar-refractivity contribution in [3.63, 3.8) is 0 Å². The van der Waals surface area contributed by atoms with Crippen LogP contribution in [0, 0.1) is 0 Å². The Labute approximate surface area is 340 Å². The van der Waals surface area contributed by atoms with Gasteiger partial charge < -0.3 is 15.6 Å². The molecule has 0 saturated heterocycles. The molecule has 9 heteroatoms. The second-order valence-corrected chi connectivity index (χ2v) is 16.1. The number of halogens is 1. The molecular weight excluding hydrogens is 724 g/mol. The van der Waals surface area contributed by atoms with E-state index in [4.69, 9.17) is 36.6 Å². The fourth-order valence-electron chi connectivity index (χ4n) is 8.64. The lowest BCUT2D eigenvalue weighted by Crippen LogP contribution is -2.21. The van der Waals surface area contributed by atoms with Gasteiger partial charge in [-0.3, -0.25) is 0 Å². The van der Waals surface area contributed by atoms with E-state index in [1.54, 1.807) is 0 Å². The summed E-state index contributed by atoms with van der Waals surface area (Å²) in [5.74, 6) is 4.71. The van der Waals surface area contributed by atoms with E-state index in [0.717, 1.165) is 79.2 Å². The van der Waals surface area contributed by atoms with E-state index >= 15 is 0 Å². The number of hydrogen-bond donors (Lipinski definition) is 3. The minimum absolute atomic E-state index is 0.362. The van der Waals surface area contributed by atoms with E-state index in [0.29, 0.717) is 29.2 Å². The fraction of sp³-hybridized carbons (Fsp3) is 0.354. The van der Waals surface area contributed by atoms with E-state index in [1.807, 2.05) is 36.4 Å². The number of benzene rings is 4. The van der Waals surface area contributed by atoms with Crippen LogP contribution in [0.3, 0.4) is 0 Å². The zero-order valence-electron chi connectivity index (χ0n) is 32.9. The Morgan fingerprint density at radius 3 is 1.79 bits per heavy atom. The first-order valence-corrected chi connectivity index (χ1v) is 21.6. The highest BCUT2D eigenvalue weighted by Gasteiger charge is 2.32. The summed E-state index contributed by atoms with van der Waals surface area (Å²) in [5.41, 5.74) is 6.98. The number of aromatic amines is 1. The fourth-order valence-corrected chi connectivity index (χ4v) is 8.99. The van der Waals surface area contributed by atoms with Gasteiger partial charge >= 0.3 is 0 Å². The number of unbranched alkanes of at least 4 members (excludes halogenated alkanes) is 13. The van der Waals surface area contributed by atoms with Gasteiger partial charge in [0.1, 0.15) is 29.5 Å². The number of aromatic nitrogens is 1. The van der Waals surface area contributed by atoms with Crippen molar-refractivity contribution in [2.24, 2.45) is 25.0 Å². The SMILES string of the molecule is CCCCCCCCCCCCCCCCc1ccc2c3[nH]c(c2c1Cl)N=C1N=C(N=C2NC(N=C4N=C(N3)c3ccccc34)c3ccccc32)c2ccccc21. The molecule has 0 fully saturated rings.